The van der Waals surface area contributed by atoms with Crippen LogP contribution in [0.1, 0.15) is 54.3 Å². The molecule has 0 spiro atoms. The van der Waals surface area contributed by atoms with E-state index in [1.54, 1.807) is 37.6 Å². The van der Waals surface area contributed by atoms with Gasteiger partial charge in [0.2, 0.25) is 17.7 Å². The summed E-state index contributed by atoms with van der Waals surface area (Å²) in [7, 11) is 0. The fraction of sp³-hybridized carbons (Fsp3) is 0.240. The van der Waals surface area contributed by atoms with E-state index >= 15 is 0 Å². The Balaban J connectivity index is 1.31. The number of carbonyl (C=O) groups is 1. The third-order valence-electron chi connectivity index (χ3n) is 6.88. The number of imidazole rings is 1. The van der Waals surface area contributed by atoms with Gasteiger partial charge in [0.1, 0.15) is 23.1 Å². The highest BCUT2D eigenvalue weighted by atomic mass is 19.1. The zero-order chi connectivity index (χ0) is 25.3. The van der Waals surface area contributed by atoms with Gasteiger partial charge in [-0.15, -0.1) is 10.2 Å². The lowest BCUT2D eigenvalue weighted by molar-refractivity contribution is -0.119. The molecule has 1 fully saturated rings. The summed E-state index contributed by atoms with van der Waals surface area (Å²) in [5.41, 5.74) is 8.12. The number of nitrogens with one attached hydrogen (secondary N) is 1. The van der Waals surface area contributed by atoms with Crippen molar-refractivity contribution in [1.82, 2.24) is 34.5 Å². The van der Waals surface area contributed by atoms with Gasteiger partial charge in [-0.2, -0.15) is 0 Å². The van der Waals surface area contributed by atoms with Crippen LogP contribution in [0.5, 0.6) is 0 Å². The molecular formula is C25H20FN9O2. The van der Waals surface area contributed by atoms with Gasteiger partial charge >= 0.3 is 0 Å². The number of aromatic nitrogens is 7. The van der Waals surface area contributed by atoms with Crippen molar-refractivity contribution in [3.8, 4) is 11.5 Å². The monoisotopic (exact) mass is 497 g/mol. The van der Waals surface area contributed by atoms with Crippen LogP contribution in [0.3, 0.4) is 0 Å². The van der Waals surface area contributed by atoms with Crippen molar-refractivity contribution in [2.24, 2.45) is 0 Å². The van der Waals surface area contributed by atoms with Crippen LogP contribution in [0, 0.1) is 5.82 Å². The van der Waals surface area contributed by atoms with Crippen LogP contribution in [-0.2, 0) is 16.6 Å². The maximum atomic E-state index is 13.4. The van der Waals surface area contributed by atoms with Crippen molar-refractivity contribution in [1.29, 1.82) is 0 Å². The molecule has 1 atom stereocenters. The second-order valence-electron chi connectivity index (χ2n) is 9.49. The Bertz CT molecular complexity index is 1710. The van der Waals surface area contributed by atoms with Crippen LogP contribution >= 0.6 is 0 Å². The van der Waals surface area contributed by atoms with Crippen LogP contribution in [0.2, 0.25) is 0 Å². The molecule has 184 valence electrons. The van der Waals surface area contributed by atoms with Gasteiger partial charge < -0.3 is 19.9 Å². The quantitative estimate of drug-likeness (QED) is 0.373. The molecule has 5 aromatic rings. The summed E-state index contributed by atoms with van der Waals surface area (Å²) in [6, 6.07) is 6.22. The van der Waals surface area contributed by atoms with E-state index in [0.29, 0.717) is 34.9 Å². The van der Waals surface area contributed by atoms with Crippen LogP contribution in [0.25, 0.3) is 17.2 Å². The summed E-state index contributed by atoms with van der Waals surface area (Å²) in [4.78, 5) is 31.4. The van der Waals surface area contributed by atoms with E-state index in [1.807, 2.05) is 4.40 Å². The molecule has 1 aliphatic heterocycles. The van der Waals surface area contributed by atoms with E-state index in [2.05, 4.69) is 30.5 Å². The Morgan fingerprint density at radius 3 is 2.78 bits per heavy atom. The van der Waals surface area contributed by atoms with E-state index in [9.17, 15) is 9.18 Å². The largest absolute Gasteiger partial charge is 0.423 e. The predicted octanol–water partition coefficient (Wildman–Crippen LogP) is 3.02. The SMILES string of the molecule is CC1(c2nnc(C3CC3)o2)C(=O)Nc2nc(-c3cn4ccnc4c(Cc4ccc(F)cc4)n3)nc(N)c21. The first-order valence-corrected chi connectivity index (χ1v) is 11.8. The molecule has 0 radical (unpaired) electrons. The summed E-state index contributed by atoms with van der Waals surface area (Å²) in [5.74, 6) is 0.874. The molecule has 1 saturated carbocycles. The zero-order valence-electron chi connectivity index (χ0n) is 19.6. The first-order valence-electron chi connectivity index (χ1n) is 11.8. The third kappa shape index (κ3) is 3.36. The predicted molar refractivity (Wildman–Crippen MR) is 129 cm³/mol. The van der Waals surface area contributed by atoms with Gasteiger partial charge in [-0.25, -0.2) is 24.3 Å². The summed E-state index contributed by atoms with van der Waals surface area (Å²) < 4.78 is 21.1. The fourth-order valence-electron chi connectivity index (χ4n) is 4.68. The van der Waals surface area contributed by atoms with Crippen molar-refractivity contribution in [2.45, 2.75) is 37.5 Å². The van der Waals surface area contributed by atoms with Gasteiger partial charge in [-0.1, -0.05) is 12.1 Å². The van der Waals surface area contributed by atoms with E-state index in [-0.39, 0.29) is 41.0 Å². The Labute approximate surface area is 209 Å². The molecule has 11 nitrogen and oxygen atoms in total. The number of rotatable bonds is 5. The number of fused-ring (bicyclic) bond motifs is 2. The highest BCUT2D eigenvalue weighted by Gasteiger charge is 2.52. The van der Waals surface area contributed by atoms with Crippen LogP contribution in [0.4, 0.5) is 16.0 Å². The van der Waals surface area contributed by atoms with Crippen LogP contribution in [0.15, 0.2) is 47.3 Å². The lowest BCUT2D eigenvalue weighted by Crippen LogP contribution is -2.33. The van der Waals surface area contributed by atoms with Crippen molar-refractivity contribution >= 4 is 23.2 Å². The van der Waals surface area contributed by atoms with Gasteiger partial charge in [0.25, 0.3) is 0 Å². The Morgan fingerprint density at radius 1 is 1.19 bits per heavy atom. The number of nitrogens with zero attached hydrogens (tertiary/aromatic N) is 7. The number of halogens is 1. The molecule has 7 rings (SSSR count). The minimum Gasteiger partial charge on any atom is -0.423 e. The molecule has 3 N–H and O–H groups in total. The smallest absolute Gasteiger partial charge is 0.245 e. The fourth-order valence-corrected chi connectivity index (χ4v) is 4.68. The molecule has 5 heterocycles. The second-order valence-corrected chi connectivity index (χ2v) is 9.49. The molecule has 37 heavy (non-hydrogen) atoms. The first-order chi connectivity index (χ1) is 17.9. The van der Waals surface area contributed by atoms with Crippen LogP contribution < -0.4 is 11.1 Å². The van der Waals surface area contributed by atoms with E-state index in [4.69, 9.17) is 15.1 Å². The lowest BCUT2D eigenvalue weighted by atomic mass is 9.84. The van der Waals surface area contributed by atoms with Crippen molar-refractivity contribution < 1.29 is 13.6 Å². The average Bonchev–Trinajstić information content (AvgIpc) is 3.30. The Kier molecular flexibility index (Phi) is 4.44. The summed E-state index contributed by atoms with van der Waals surface area (Å²) in [6.07, 6.45) is 7.61. The number of nitrogens with two attached hydrogens (primary N) is 1. The maximum Gasteiger partial charge on any atom is 0.245 e. The number of anilines is 2. The van der Waals surface area contributed by atoms with Crippen LogP contribution in [-0.4, -0.2) is 40.4 Å². The topological polar surface area (TPSA) is 150 Å². The van der Waals surface area contributed by atoms with Gasteiger partial charge in [0.05, 0.1) is 11.3 Å². The molecule has 12 heteroatoms. The number of hydrogen-bond donors (Lipinski definition) is 2. The average molecular weight is 497 g/mol. The van der Waals surface area contributed by atoms with Crippen molar-refractivity contribution in [3.05, 3.63) is 77.3 Å². The normalized spacial score (nSPS) is 18.8. The number of amides is 1. The summed E-state index contributed by atoms with van der Waals surface area (Å²) in [5, 5.41) is 11.1. The van der Waals surface area contributed by atoms with Gasteiger partial charge in [0.15, 0.2) is 16.9 Å². The molecule has 1 unspecified atom stereocenters. The van der Waals surface area contributed by atoms with Gasteiger partial charge in [-0.3, -0.25) is 4.79 Å². The number of nitrogen functional groups attached to an aromatic ring is 1. The molecule has 2 aliphatic rings. The minimum atomic E-state index is -1.31. The highest BCUT2D eigenvalue weighted by Crippen LogP contribution is 2.46. The summed E-state index contributed by atoms with van der Waals surface area (Å²) >= 11 is 0. The standard InChI is InChI=1S/C25H20FN9O2/c1-25(24-34-33-22(37-24)13-4-5-13)17-18(27)30-19(31-20(17)32-23(25)36)16-11-35-9-8-28-21(35)15(29-16)10-12-2-6-14(26)7-3-12/h2-3,6-9,11,13H,4-5,10H2,1H3,(H3,27,30,31,32,36). The lowest BCUT2D eigenvalue weighted by Gasteiger charge is -2.18. The number of carbonyl (C=O) groups excluding carboxylic acids is 1. The highest BCUT2D eigenvalue weighted by molar-refractivity contribution is 6.08. The maximum absolute atomic E-state index is 13.4. The molecule has 0 saturated heterocycles. The zero-order valence-corrected chi connectivity index (χ0v) is 19.6. The van der Waals surface area contributed by atoms with Crippen molar-refractivity contribution in [2.75, 3.05) is 11.1 Å². The molecule has 1 amide bonds. The van der Waals surface area contributed by atoms with Gasteiger partial charge in [-0.05, 0) is 37.5 Å². The van der Waals surface area contributed by atoms with E-state index in [0.717, 1.165) is 18.4 Å². The minimum absolute atomic E-state index is 0.111. The molecule has 4 aromatic heterocycles. The first kappa shape index (κ1) is 21.5. The third-order valence-corrected chi connectivity index (χ3v) is 6.88. The van der Waals surface area contributed by atoms with E-state index in [1.165, 1.54) is 12.1 Å². The molecule has 1 aromatic carbocycles. The summed E-state index contributed by atoms with van der Waals surface area (Å²) in [6.45, 7) is 1.67. The molecular weight excluding hydrogens is 477 g/mol. The van der Waals surface area contributed by atoms with Crippen molar-refractivity contribution in [3.63, 3.8) is 0 Å². The van der Waals surface area contributed by atoms with Gasteiger partial charge in [0, 0.05) is 30.9 Å². The second kappa shape index (κ2) is 7.63. The number of benzene rings is 1. The Morgan fingerprint density at radius 2 is 2.00 bits per heavy atom. The Hall–Kier alpha value is -4.74. The number of hydrogen-bond acceptors (Lipinski definition) is 9. The van der Waals surface area contributed by atoms with E-state index < -0.39 is 5.41 Å². The molecule has 0 bridgehead atoms. The molecule has 1 aliphatic carbocycles.